The van der Waals surface area contributed by atoms with Crippen LogP contribution in [0.5, 0.6) is 5.75 Å². The fraction of sp³-hybridized carbons (Fsp3) is 0.481. The molecule has 0 saturated carbocycles. The van der Waals surface area contributed by atoms with Crippen LogP contribution < -0.4 is 15.0 Å². The van der Waals surface area contributed by atoms with E-state index >= 15 is 0 Å². The highest BCUT2D eigenvalue weighted by Crippen LogP contribution is 2.32. The van der Waals surface area contributed by atoms with Gasteiger partial charge in [0.2, 0.25) is 5.91 Å². The number of carbonyl (C=O) groups is 2. The summed E-state index contributed by atoms with van der Waals surface area (Å²) in [6.45, 7) is 8.88. The van der Waals surface area contributed by atoms with Crippen molar-refractivity contribution in [2.75, 3.05) is 24.6 Å². The molecule has 1 saturated heterocycles. The van der Waals surface area contributed by atoms with Gasteiger partial charge in [0.25, 0.3) is 0 Å². The van der Waals surface area contributed by atoms with Crippen molar-refractivity contribution in [3.63, 3.8) is 0 Å². The van der Waals surface area contributed by atoms with E-state index in [0.717, 1.165) is 31.4 Å². The molecule has 0 bridgehead atoms. The van der Waals surface area contributed by atoms with E-state index in [4.69, 9.17) is 4.74 Å². The van der Waals surface area contributed by atoms with E-state index in [2.05, 4.69) is 48.3 Å². The molecule has 32 heavy (non-hydrogen) atoms. The number of benzene rings is 2. The number of nitrogens with one attached hydrogen (secondary N) is 1. The second-order valence-corrected chi connectivity index (χ2v) is 8.96. The highest BCUT2D eigenvalue weighted by Gasteiger charge is 2.22. The second-order valence-electron chi connectivity index (χ2n) is 8.96. The lowest BCUT2D eigenvalue weighted by molar-refractivity contribution is -0.121. The number of amides is 1. The van der Waals surface area contributed by atoms with Crippen LogP contribution in [0.2, 0.25) is 0 Å². The molecule has 2 aromatic rings. The van der Waals surface area contributed by atoms with Gasteiger partial charge in [0.1, 0.15) is 5.75 Å². The van der Waals surface area contributed by atoms with E-state index in [-0.39, 0.29) is 18.4 Å². The minimum atomic E-state index is -0.0405. The normalized spacial score (nSPS) is 14.8. The van der Waals surface area contributed by atoms with Crippen molar-refractivity contribution in [3.05, 3.63) is 59.2 Å². The van der Waals surface area contributed by atoms with E-state index in [1.54, 1.807) is 12.1 Å². The molecule has 1 aliphatic heterocycles. The second kappa shape index (κ2) is 11.7. The van der Waals surface area contributed by atoms with Crippen LogP contribution in [0.4, 0.5) is 5.69 Å². The first kappa shape index (κ1) is 23.8. The van der Waals surface area contributed by atoms with E-state index in [1.807, 2.05) is 13.0 Å². The fourth-order valence-electron chi connectivity index (χ4n) is 4.44. The maximum absolute atomic E-state index is 13.1. The van der Waals surface area contributed by atoms with Crippen LogP contribution in [0, 0.1) is 5.92 Å². The Morgan fingerprint density at radius 2 is 1.88 bits per heavy atom. The summed E-state index contributed by atoms with van der Waals surface area (Å²) in [4.78, 5) is 26.8. The van der Waals surface area contributed by atoms with Gasteiger partial charge in [0.15, 0.2) is 6.29 Å². The Morgan fingerprint density at radius 3 is 2.56 bits per heavy atom. The number of aldehydes is 1. The van der Waals surface area contributed by atoms with Crippen molar-refractivity contribution in [2.45, 2.75) is 58.9 Å². The third-order valence-corrected chi connectivity index (χ3v) is 5.92. The number of rotatable bonds is 10. The number of hydrogen-bond donors (Lipinski definition) is 1. The molecular weight excluding hydrogens is 400 g/mol. The van der Waals surface area contributed by atoms with E-state index < -0.39 is 0 Å². The molecule has 1 amide bonds. The number of ether oxygens (including phenoxy) is 1. The van der Waals surface area contributed by atoms with Crippen molar-refractivity contribution in [1.82, 2.24) is 5.32 Å². The summed E-state index contributed by atoms with van der Waals surface area (Å²) < 4.78 is 5.57. The molecule has 5 nitrogen and oxygen atoms in total. The molecule has 1 fully saturated rings. The molecule has 0 spiro atoms. The summed E-state index contributed by atoms with van der Waals surface area (Å²) in [5, 5.41) is 3.30. The predicted molar refractivity (Wildman–Crippen MR) is 130 cm³/mol. The summed E-state index contributed by atoms with van der Waals surface area (Å²) in [5.41, 5.74) is 3.78. The van der Waals surface area contributed by atoms with Gasteiger partial charge in [-0.25, -0.2) is 0 Å². The summed E-state index contributed by atoms with van der Waals surface area (Å²) in [6.07, 6.45) is 5.63. The average Bonchev–Trinajstić information content (AvgIpc) is 2.79. The smallest absolute Gasteiger partial charge is 0.224 e. The lowest BCUT2D eigenvalue weighted by Gasteiger charge is -2.33. The Hall–Kier alpha value is -2.82. The number of para-hydroxylation sites is 1. The maximum atomic E-state index is 13.1. The van der Waals surface area contributed by atoms with E-state index in [0.29, 0.717) is 23.8 Å². The standard InChI is InChI=1S/C27H36N2O3/c1-4-32-26-17-21(12-13-22(26)19-30)18-27(31)28-24(16-20(2)3)23-10-6-7-11-25(23)29-14-8-5-9-15-29/h6-7,10-13,17,19-20,24H,4-5,8-9,14-16,18H2,1-3H3,(H,28,31)/t24-/m0/s1. The van der Waals surface area contributed by atoms with E-state index in [1.165, 1.54) is 30.5 Å². The average molecular weight is 437 g/mol. The lowest BCUT2D eigenvalue weighted by atomic mass is 9.94. The van der Waals surface area contributed by atoms with Gasteiger partial charge in [-0.05, 0) is 67.9 Å². The number of anilines is 1. The lowest BCUT2D eigenvalue weighted by Crippen LogP contribution is -2.34. The fourth-order valence-corrected chi connectivity index (χ4v) is 4.44. The van der Waals surface area contributed by atoms with Gasteiger partial charge in [-0.2, -0.15) is 0 Å². The summed E-state index contributed by atoms with van der Waals surface area (Å²) in [7, 11) is 0. The molecule has 0 unspecified atom stereocenters. The number of hydrogen-bond acceptors (Lipinski definition) is 4. The first-order valence-electron chi connectivity index (χ1n) is 11.9. The molecular formula is C27H36N2O3. The monoisotopic (exact) mass is 436 g/mol. The highest BCUT2D eigenvalue weighted by molar-refractivity contribution is 5.82. The molecule has 1 heterocycles. The van der Waals surface area contributed by atoms with Gasteiger partial charge < -0.3 is 15.0 Å². The predicted octanol–water partition coefficient (Wildman–Crippen LogP) is 5.33. The first-order chi connectivity index (χ1) is 15.5. The van der Waals surface area contributed by atoms with Gasteiger partial charge in [-0.3, -0.25) is 9.59 Å². The van der Waals surface area contributed by atoms with Crippen LogP contribution in [0.1, 0.15) is 74.0 Å². The van der Waals surface area contributed by atoms with Crippen LogP contribution in [-0.4, -0.2) is 31.9 Å². The Bertz CT molecular complexity index is 904. The molecule has 5 heteroatoms. The van der Waals surface area contributed by atoms with Crippen LogP contribution in [0.15, 0.2) is 42.5 Å². The van der Waals surface area contributed by atoms with Crippen LogP contribution >= 0.6 is 0 Å². The van der Waals surface area contributed by atoms with Crippen molar-refractivity contribution in [1.29, 1.82) is 0 Å². The van der Waals surface area contributed by atoms with Gasteiger partial charge in [-0.15, -0.1) is 0 Å². The number of piperidine rings is 1. The zero-order valence-electron chi connectivity index (χ0n) is 19.6. The van der Waals surface area contributed by atoms with Crippen molar-refractivity contribution >= 4 is 17.9 Å². The molecule has 172 valence electrons. The van der Waals surface area contributed by atoms with Crippen molar-refractivity contribution < 1.29 is 14.3 Å². The van der Waals surface area contributed by atoms with Gasteiger partial charge >= 0.3 is 0 Å². The largest absolute Gasteiger partial charge is 0.493 e. The molecule has 3 rings (SSSR count). The molecule has 2 aromatic carbocycles. The summed E-state index contributed by atoms with van der Waals surface area (Å²) in [6, 6.07) is 13.8. The van der Waals surface area contributed by atoms with Crippen molar-refractivity contribution in [3.8, 4) is 5.75 Å². The number of carbonyl (C=O) groups excluding carboxylic acids is 2. The molecule has 0 radical (unpaired) electrons. The van der Waals surface area contributed by atoms with Crippen LogP contribution in [-0.2, 0) is 11.2 Å². The van der Waals surface area contributed by atoms with Crippen LogP contribution in [0.25, 0.3) is 0 Å². The van der Waals surface area contributed by atoms with Gasteiger partial charge in [0.05, 0.1) is 24.6 Å². The Labute approximate surface area is 192 Å². The highest BCUT2D eigenvalue weighted by atomic mass is 16.5. The Balaban J connectivity index is 1.79. The molecule has 1 N–H and O–H groups in total. The van der Waals surface area contributed by atoms with Crippen molar-refractivity contribution in [2.24, 2.45) is 5.92 Å². The number of nitrogens with zero attached hydrogens (tertiary/aromatic N) is 1. The first-order valence-corrected chi connectivity index (χ1v) is 11.9. The maximum Gasteiger partial charge on any atom is 0.224 e. The minimum Gasteiger partial charge on any atom is -0.493 e. The Kier molecular flexibility index (Phi) is 8.72. The SMILES string of the molecule is CCOc1cc(CC(=O)N[C@@H](CC(C)C)c2ccccc2N2CCCCC2)ccc1C=O. The zero-order valence-corrected chi connectivity index (χ0v) is 19.6. The summed E-state index contributed by atoms with van der Waals surface area (Å²) >= 11 is 0. The van der Waals surface area contributed by atoms with Gasteiger partial charge in [0, 0.05) is 18.8 Å². The third kappa shape index (κ3) is 6.35. The molecule has 0 aliphatic carbocycles. The summed E-state index contributed by atoms with van der Waals surface area (Å²) in [5.74, 6) is 0.957. The van der Waals surface area contributed by atoms with Crippen LogP contribution in [0.3, 0.4) is 0 Å². The minimum absolute atomic E-state index is 0.0228. The van der Waals surface area contributed by atoms with E-state index in [9.17, 15) is 9.59 Å². The molecule has 0 aromatic heterocycles. The molecule has 1 atom stereocenters. The quantitative estimate of drug-likeness (QED) is 0.511. The molecule has 1 aliphatic rings. The zero-order chi connectivity index (χ0) is 22.9. The topological polar surface area (TPSA) is 58.6 Å². The van der Waals surface area contributed by atoms with Gasteiger partial charge in [-0.1, -0.05) is 38.1 Å². The Morgan fingerprint density at radius 1 is 1.12 bits per heavy atom. The third-order valence-electron chi connectivity index (χ3n) is 5.92.